The van der Waals surface area contributed by atoms with Crippen LogP contribution in [0.15, 0.2) is 18.2 Å². The van der Waals surface area contributed by atoms with Gasteiger partial charge in [0, 0.05) is 37.8 Å². The Balaban J connectivity index is 1.95. The van der Waals surface area contributed by atoms with Gasteiger partial charge >= 0.3 is 0 Å². The van der Waals surface area contributed by atoms with Crippen LogP contribution in [-0.2, 0) is 0 Å². The van der Waals surface area contributed by atoms with E-state index < -0.39 is 0 Å². The average Bonchev–Trinajstić information content (AvgIpc) is 3.04. The van der Waals surface area contributed by atoms with Gasteiger partial charge in [-0.2, -0.15) is 5.26 Å². The van der Waals surface area contributed by atoms with Crippen molar-refractivity contribution in [1.29, 1.82) is 5.26 Å². The molecule has 3 rings (SSSR count). The van der Waals surface area contributed by atoms with E-state index in [2.05, 4.69) is 16.3 Å². The number of phenols is 1. The van der Waals surface area contributed by atoms with E-state index in [-0.39, 0.29) is 6.04 Å². The van der Waals surface area contributed by atoms with Crippen molar-refractivity contribution in [3.05, 3.63) is 29.3 Å². The van der Waals surface area contributed by atoms with E-state index in [1.165, 1.54) is 25.7 Å². The number of phenolic OH excluding ortho intramolecular Hbond substituents is 1. The van der Waals surface area contributed by atoms with Gasteiger partial charge in [0.05, 0.1) is 11.6 Å². The molecule has 1 atom stereocenters. The summed E-state index contributed by atoms with van der Waals surface area (Å²) in [6.07, 6.45) is 5.02. The van der Waals surface area contributed by atoms with E-state index in [1.807, 2.05) is 6.07 Å². The van der Waals surface area contributed by atoms with E-state index in [1.54, 1.807) is 12.1 Å². The summed E-state index contributed by atoms with van der Waals surface area (Å²) < 4.78 is 0. The molecule has 2 fully saturated rings. The van der Waals surface area contributed by atoms with Gasteiger partial charge in [0.2, 0.25) is 0 Å². The Morgan fingerprint density at radius 3 is 2.62 bits per heavy atom. The van der Waals surface area contributed by atoms with Crippen molar-refractivity contribution in [2.24, 2.45) is 5.92 Å². The van der Waals surface area contributed by atoms with Crippen molar-refractivity contribution in [2.75, 3.05) is 26.2 Å². The predicted octanol–water partition coefficient (Wildman–Crippen LogP) is 2.40. The maximum Gasteiger partial charge on any atom is 0.120 e. The van der Waals surface area contributed by atoms with Crippen LogP contribution in [0.2, 0.25) is 0 Å². The van der Waals surface area contributed by atoms with Gasteiger partial charge in [0.25, 0.3) is 0 Å². The fraction of sp³-hybridized carbons (Fsp3) is 0.588. The SMILES string of the molecule is N#Cc1ccc(O)c([C@@H](C2CCCC2)N2CCNCC2)c1. The van der Waals surface area contributed by atoms with Crippen LogP contribution in [0.4, 0.5) is 0 Å². The zero-order chi connectivity index (χ0) is 14.7. The number of hydrogen-bond acceptors (Lipinski definition) is 4. The highest BCUT2D eigenvalue weighted by molar-refractivity contribution is 5.43. The van der Waals surface area contributed by atoms with Crippen LogP contribution in [0.5, 0.6) is 5.75 Å². The number of aromatic hydroxyl groups is 1. The number of hydrogen-bond donors (Lipinski definition) is 2. The van der Waals surface area contributed by atoms with Crippen molar-refractivity contribution in [1.82, 2.24) is 10.2 Å². The average molecular weight is 285 g/mol. The smallest absolute Gasteiger partial charge is 0.120 e. The Hall–Kier alpha value is -1.57. The molecule has 1 saturated heterocycles. The van der Waals surface area contributed by atoms with Crippen LogP contribution < -0.4 is 5.32 Å². The van der Waals surface area contributed by atoms with Crippen molar-refractivity contribution in [3.8, 4) is 11.8 Å². The lowest BCUT2D eigenvalue weighted by molar-refractivity contribution is 0.123. The zero-order valence-electron chi connectivity index (χ0n) is 12.4. The second-order valence-corrected chi connectivity index (χ2v) is 6.16. The minimum Gasteiger partial charge on any atom is -0.508 e. The largest absolute Gasteiger partial charge is 0.508 e. The number of piperazine rings is 1. The molecule has 1 heterocycles. The first-order chi connectivity index (χ1) is 10.3. The van der Waals surface area contributed by atoms with Gasteiger partial charge in [-0.3, -0.25) is 4.90 Å². The molecule has 112 valence electrons. The first-order valence-electron chi connectivity index (χ1n) is 7.97. The first kappa shape index (κ1) is 14.4. The summed E-state index contributed by atoms with van der Waals surface area (Å²) in [4.78, 5) is 2.49. The number of nitrogens with zero attached hydrogens (tertiary/aromatic N) is 2. The third-order valence-electron chi connectivity index (χ3n) is 4.87. The number of nitriles is 1. The molecule has 2 aliphatic rings. The number of rotatable bonds is 3. The molecule has 21 heavy (non-hydrogen) atoms. The second-order valence-electron chi connectivity index (χ2n) is 6.16. The molecule has 1 aromatic carbocycles. The number of benzene rings is 1. The summed E-state index contributed by atoms with van der Waals surface area (Å²) in [5.74, 6) is 0.937. The Labute approximate surface area is 126 Å². The lowest BCUT2D eigenvalue weighted by Gasteiger charge is -2.39. The van der Waals surface area contributed by atoms with Crippen LogP contribution in [0.3, 0.4) is 0 Å². The molecule has 4 nitrogen and oxygen atoms in total. The molecular weight excluding hydrogens is 262 g/mol. The van der Waals surface area contributed by atoms with E-state index in [9.17, 15) is 5.11 Å². The van der Waals surface area contributed by atoms with Crippen LogP contribution in [0, 0.1) is 17.2 Å². The molecule has 2 N–H and O–H groups in total. The van der Waals surface area contributed by atoms with Gasteiger partial charge in [-0.1, -0.05) is 12.8 Å². The van der Waals surface area contributed by atoms with Crippen molar-refractivity contribution in [2.45, 2.75) is 31.7 Å². The molecule has 4 heteroatoms. The van der Waals surface area contributed by atoms with Crippen molar-refractivity contribution < 1.29 is 5.11 Å². The Morgan fingerprint density at radius 2 is 1.95 bits per heavy atom. The first-order valence-corrected chi connectivity index (χ1v) is 7.97. The summed E-state index contributed by atoms with van der Waals surface area (Å²) in [5, 5.41) is 22.9. The fourth-order valence-electron chi connectivity index (χ4n) is 3.84. The normalized spacial score (nSPS) is 22.0. The van der Waals surface area contributed by atoms with Gasteiger partial charge in [-0.05, 0) is 37.0 Å². The molecule has 0 amide bonds. The minimum atomic E-state index is 0.253. The Bertz CT molecular complexity index is 525. The van der Waals surface area contributed by atoms with E-state index >= 15 is 0 Å². The highest BCUT2D eigenvalue weighted by atomic mass is 16.3. The van der Waals surface area contributed by atoms with Crippen LogP contribution in [-0.4, -0.2) is 36.2 Å². The highest BCUT2D eigenvalue weighted by Gasteiger charge is 2.33. The third kappa shape index (κ3) is 3.04. The van der Waals surface area contributed by atoms with Gasteiger partial charge in [0.1, 0.15) is 5.75 Å². The highest BCUT2D eigenvalue weighted by Crippen LogP contribution is 2.42. The molecule has 1 saturated carbocycles. The Morgan fingerprint density at radius 1 is 1.24 bits per heavy atom. The fourth-order valence-corrected chi connectivity index (χ4v) is 3.84. The maximum atomic E-state index is 10.3. The summed E-state index contributed by atoms with van der Waals surface area (Å²) in [5.41, 5.74) is 1.59. The van der Waals surface area contributed by atoms with E-state index in [4.69, 9.17) is 5.26 Å². The van der Waals surface area contributed by atoms with Gasteiger partial charge in [0.15, 0.2) is 0 Å². The molecular formula is C17H23N3O. The predicted molar refractivity (Wildman–Crippen MR) is 82.0 cm³/mol. The quantitative estimate of drug-likeness (QED) is 0.895. The summed E-state index contributed by atoms with van der Waals surface area (Å²) >= 11 is 0. The van der Waals surface area contributed by atoms with Gasteiger partial charge in [-0.25, -0.2) is 0 Å². The molecule has 1 aliphatic carbocycles. The van der Waals surface area contributed by atoms with Crippen molar-refractivity contribution in [3.63, 3.8) is 0 Å². The van der Waals surface area contributed by atoms with Crippen molar-refractivity contribution >= 4 is 0 Å². The van der Waals surface area contributed by atoms with Crippen LogP contribution >= 0.6 is 0 Å². The van der Waals surface area contributed by atoms with E-state index in [0.29, 0.717) is 17.2 Å². The maximum absolute atomic E-state index is 10.3. The zero-order valence-corrected chi connectivity index (χ0v) is 12.4. The molecule has 0 aromatic heterocycles. The standard InChI is InChI=1S/C17H23N3O/c18-12-13-5-6-16(21)15(11-13)17(14-3-1-2-4-14)20-9-7-19-8-10-20/h5-6,11,14,17,19,21H,1-4,7-10H2/t17-/m1/s1. The summed E-state index contributed by atoms with van der Waals surface area (Å²) in [6.45, 7) is 4.03. The van der Waals surface area contributed by atoms with Crippen LogP contribution in [0.25, 0.3) is 0 Å². The molecule has 0 unspecified atom stereocenters. The molecule has 1 aliphatic heterocycles. The van der Waals surface area contributed by atoms with Crippen LogP contribution in [0.1, 0.15) is 42.9 Å². The topological polar surface area (TPSA) is 59.3 Å². The molecule has 0 radical (unpaired) electrons. The Kier molecular flexibility index (Phi) is 4.42. The lowest BCUT2D eigenvalue weighted by Crippen LogP contribution is -2.46. The monoisotopic (exact) mass is 285 g/mol. The van der Waals surface area contributed by atoms with Gasteiger partial charge in [-0.15, -0.1) is 0 Å². The molecule has 0 bridgehead atoms. The molecule has 0 spiro atoms. The molecule has 1 aromatic rings. The van der Waals surface area contributed by atoms with E-state index in [0.717, 1.165) is 31.7 Å². The minimum absolute atomic E-state index is 0.253. The van der Waals surface area contributed by atoms with Gasteiger partial charge < -0.3 is 10.4 Å². The summed E-state index contributed by atoms with van der Waals surface area (Å²) in [7, 11) is 0. The second kappa shape index (κ2) is 6.46. The lowest BCUT2D eigenvalue weighted by atomic mass is 9.88. The number of nitrogens with one attached hydrogen (secondary N) is 1. The summed E-state index contributed by atoms with van der Waals surface area (Å²) in [6, 6.07) is 7.72. The third-order valence-corrected chi connectivity index (χ3v) is 4.87.